The number of hydrogen-bond donors (Lipinski definition) is 0. The van der Waals surface area contributed by atoms with Crippen molar-refractivity contribution >= 4 is 17.5 Å². The number of rotatable bonds is 1. The standard InChI is InChI=1S/C27H20N2O2/c1-26-18-7-3-5-9-20(18)27(2,21-10-6-4-8-19(21)26)23-22(26)24(30)29(25(23)31)17-13-11-16(15-28)12-14-17/h3-14,22-23H,1-2H3. The molecule has 0 N–H and O–H groups in total. The van der Waals surface area contributed by atoms with Crippen molar-refractivity contribution in [3.8, 4) is 6.07 Å². The molecule has 3 aromatic carbocycles. The molecule has 4 heteroatoms. The van der Waals surface area contributed by atoms with Crippen LogP contribution in [-0.4, -0.2) is 11.8 Å². The largest absolute Gasteiger partial charge is 0.274 e. The molecule has 2 bridgehead atoms. The summed E-state index contributed by atoms with van der Waals surface area (Å²) < 4.78 is 0. The summed E-state index contributed by atoms with van der Waals surface area (Å²) in [7, 11) is 0. The normalized spacial score (nSPS) is 29.9. The van der Waals surface area contributed by atoms with Crippen molar-refractivity contribution in [1.29, 1.82) is 5.26 Å². The lowest BCUT2D eigenvalue weighted by Crippen LogP contribution is -2.59. The fourth-order valence-electron chi connectivity index (χ4n) is 6.51. The van der Waals surface area contributed by atoms with Gasteiger partial charge in [-0.2, -0.15) is 5.26 Å². The van der Waals surface area contributed by atoms with Crippen molar-refractivity contribution in [2.75, 3.05) is 4.90 Å². The van der Waals surface area contributed by atoms with Gasteiger partial charge in [0, 0.05) is 10.8 Å². The van der Waals surface area contributed by atoms with E-state index in [9.17, 15) is 9.59 Å². The summed E-state index contributed by atoms with van der Waals surface area (Å²) in [5.74, 6) is -1.24. The van der Waals surface area contributed by atoms with Crippen molar-refractivity contribution < 1.29 is 9.59 Å². The Hall–Kier alpha value is -3.71. The highest BCUT2D eigenvalue weighted by atomic mass is 16.2. The highest BCUT2D eigenvalue weighted by Crippen LogP contribution is 2.66. The van der Waals surface area contributed by atoms with Gasteiger partial charge in [-0.1, -0.05) is 62.4 Å². The summed E-state index contributed by atoms with van der Waals surface area (Å²) in [5.41, 5.74) is 4.43. The Morgan fingerprint density at radius 2 is 1.10 bits per heavy atom. The van der Waals surface area contributed by atoms with Gasteiger partial charge in [0.2, 0.25) is 11.8 Å². The molecular weight excluding hydrogens is 384 g/mol. The van der Waals surface area contributed by atoms with Crippen molar-refractivity contribution in [3.05, 3.63) is 101 Å². The van der Waals surface area contributed by atoms with Crippen LogP contribution in [0.15, 0.2) is 72.8 Å². The molecule has 4 aliphatic rings. The second-order valence-corrected chi connectivity index (χ2v) is 9.12. The van der Waals surface area contributed by atoms with Gasteiger partial charge in [0.15, 0.2) is 0 Å². The minimum Gasteiger partial charge on any atom is -0.274 e. The van der Waals surface area contributed by atoms with Crippen molar-refractivity contribution in [1.82, 2.24) is 0 Å². The molecule has 1 heterocycles. The molecule has 4 nitrogen and oxygen atoms in total. The van der Waals surface area contributed by atoms with Crippen LogP contribution >= 0.6 is 0 Å². The Kier molecular flexibility index (Phi) is 3.33. The van der Waals surface area contributed by atoms with Crippen molar-refractivity contribution in [2.24, 2.45) is 11.8 Å². The van der Waals surface area contributed by atoms with E-state index in [1.54, 1.807) is 24.3 Å². The highest BCUT2D eigenvalue weighted by Gasteiger charge is 2.70. The van der Waals surface area contributed by atoms with Gasteiger partial charge in [-0.05, 0) is 46.5 Å². The van der Waals surface area contributed by atoms with E-state index in [4.69, 9.17) is 5.26 Å². The van der Waals surface area contributed by atoms with Crippen LogP contribution < -0.4 is 4.90 Å². The van der Waals surface area contributed by atoms with E-state index in [0.29, 0.717) is 11.3 Å². The van der Waals surface area contributed by atoms with Crippen LogP contribution in [0.1, 0.15) is 41.7 Å². The number of nitrogens with zero attached hydrogens (tertiary/aromatic N) is 2. The maximum Gasteiger partial charge on any atom is 0.238 e. The van der Waals surface area contributed by atoms with Gasteiger partial charge in [0.05, 0.1) is 29.2 Å². The lowest BCUT2D eigenvalue weighted by atomic mass is 9.42. The third-order valence-corrected chi connectivity index (χ3v) is 7.90. The topological polar surface area (TPSA) is 61.2 Å². The maximum absolute atomic E-state index is 13.9. The maximum atomic E-state index is 13.9. The first-order chi connectivity index (χ1) is 14.9. The molecule has 7 rings (SSSR count). The highest BCUT2D eigenvalue weighted by molar-refractivity contribution is 6.24. The number of benzene rings is 3. The Labute approximate surface area is 180 Å². The predicted octanol–water partition coefficient (Wildman–Crippen LogP) is 4.30. The zero-order valence-corrected chi connectivity index (χ0v) is 17.3. The number of carbonyl (C=O) groups is 2. The molecule has 0 spiro atoms. The van der Waals surface area contributed by atoms with E-state index in [-0.39, 0.29) is 11.8 Å². The van der Waals surface area contributed by atoms with Gasteiger partial charge >= 0.3 is 0 Å². The third kappa shape index (κ3) is 1.90. The van der Waals surface area contributed by atoms with Crippen LogP contribution in [0.5, 0.6) is 0 Å². The Morgan fingerprint density at radius 3 is 1.45 bits per heavy atom. The van der Waals surface area contributed by atoms with E-state index in [2.05, 4.69) is 44.2 Å². The number of imide groups is 1. The van der Waals surface area contributed by atoms with Gasteiger partial charge < -0.3 is 0 Å². The predicted molar refractivity (Wildman–Crippen MR) is 116 cm³/mol. The molecule has 1 saturated heterocycles. The SMILES string of the molecule is CC12c3ccccc3C(C)(c3ccccc31)C1C(=O)N(c3ccc(C#N)cc3)C(=O)C12. The first-order valence-electron chi connectivity index (χ1n) is 10.5. The van der Waals surface area contributed by atoms with E-state index in [1.807, 2.05) is 24.3 Å². The first-order valence-corrected chi connectivity index (χ1v) is 10.5. The van der Waals surface area contributed by atoms with E-state index in [0.717, 1.165) is 22.3 Å². The first kappa shape index (κ1) is 18.1. The van der Waals surface area contributed by atoms with Crippen LogP contribution in [0.4, 0.5) is 5.69 Å². The molecule has 0 aromatic heterocycles. The number of nitriles is 1. The quantitative estimate of drug-likeness (QED) is 0.568. The minimum absolute atomic E-state index is 0.155. The van der Waals surface area contributed by atoms with E-state index >= 15 is 0 Å². The molecule has 1 aliphatic heterocycles. The molecule has 150 valence electrons. The zero-order valence-electron chi connectivity index (χ0n) is 17.3. The molecule has 31 heavy (non-hydrogen) atoms. The van der Waals surface area contributed by atoms with Crippen LogP contribution in [0.25, 0.3) is 0 Å². The summed E-state index contributed by atoms with van der Waals surface area (Å²) in [6, 6.07) is 25.3. The third-order valence-electron chi connectivity index (χ3n) is 7.90. The summed E-state index contributed by atoms with van der Waals surface area (Å²) in [6.07, 6.45) is 0. The lowest BCUT2D eigenvalue weighted by Gasteiger charge is -2.57. The molecule has 2 amide bonds. The molecule has 2 unspecified atom stereocenters. The van der Waals surface area contributed by atoms with Crippen LogP contribution in [0.3, 0.4) is 0 Å². The molecule has 3 aliphatic carbocycles. The number of carbonyl (C=O) groups excluding carboxylic acids is 2. The molecule has 1 fully saturated rings. The van der Waals surface area contributed by atoms with Gasteiger partial charge in [0.1, 0.15) is 0 Å². The average molecular weight is 404 g/mol. The second kappa shape index (κ2) is 5.70. The molecule has 2 atom stereocenters. The Bertz CT molecular complexity index is 1210. The molecule has 3 aromatic rings. The minimum atomic E-state index is -0.580. The van der Waals surface area contributed by atoms with Gasteiger partial charge in [-0.3, -0.25) is 9.59 Å². The Balaban J connectivity index is 1.63. The fraction of sp³-hybridized carbons (Fsp3) is 0.222. The number of hydrogen-bond acceptors (Lipinski definition) is 3. The van der Waals surface area contributed by atoms with Crippen molar-refractivity contribution in [3.63, 3.8) is 0 Å². The van der Waals surface area contributed by atoms with Gasteiger partial charge in [0.25, 0.3) is 0 Å². The summed E-state index contributed by atoms with van der Waals surface area (Å²) in [4.78, 5) is 29.2. The summed E-state index contributed by atoms with van der Waals surface area (Å²) in [6.45, 7) is 4.24. The second-order valence-electron chi connectivity index (χ2n) is 9.12. The smallest absolute Gasteiger partial charge is 0.238 e. The summed E-state index contributed by atoms with van der Waals surface area (Å²) in [5, 5.41) is 9.11. The zero-order chi connectivity index (χ0) is 21.5. The molecule has 0 saturated carbocycles. The van der Waals surface area contributed by atoms with Crippen LogP contribution in [0, 0.1) is 23.2 Å². The van der Waals surface area contributed by atoms with Crippen LogP contribution in [0.2, 0.25) is 0 Å². The lowest BCUT2D eigenvalue weighted by molar-refractivity contribution is -0.124. The summed E-state index contributed by atoms with van der Waals surface area (Å²) >= 11 is 0. The molecular formula is C27H20N2O2. The monoisotopic (exact) mass is 404 g/mol. The van der Waals surface area contributed by atoms with Gasteiger partial charge in [-0.25, -0.2) is 4.90 Å². The van der Waals surface area contributed by atoms with E-state index in [1.165, 1.54) is 4.90 Å². The number of amides is 2. The van der Waals surface area contributed by atoms with Crippen molar-refractivity contribution in [2.45, 2.75) is 24.7 Å². The van der Waals surface area contributed by atoms with Crippen LogP contribution in [-0.2, 0) is 20.4 Å². The van der Waals surface area contributed by atoms with E-state index < -0.39 is 22.7 Å². The fourth-order valence-corrected chi connectivity index (χ4v) is 6.51. The average Bonchev–Trinajstić information content (AvgIpc) is 3.08. The van der Waals surface area contributed by atoms with Gasteiger partial charge in [-0.15, -0.1) is 0 Å². The Morgan fingerprint density at radius 1 is 0.710 bits per heavy atom. The molecule has 0 radical (unpaired) electrons. The number of anilines is 1.